The number of aromatic nitrogens is 1. The summed E-state index contributed by atoms with van der Waals surface area (Å²) in [6.07, 6.45) is 13.0. The molecular formula is C38H44BrN. The molecule has 6 rings (SSSR count). The Morgan fingerprint density at radius 1 is 0.550 bits per heavy atom. The topological polar surface area (TPSA) is 4.93 Å². The van der Waals surface area contributed by atoms with Gasteiger partial charge in [0.1, 0.15) is 0 Å². The number of nitrogens with zero attached hydrogens (tertiary/aromatic N) is 1. The first-order valence-electron chi connectivity index (χ1n) is 15.4. The second kappa shape index (κ2) is 13.2. The second-order valence-corrected chi connectivity index (χ2v) is 11.3. The molecule has 4 aromatic carbocycles. The van der Waals surface area contributed by atoms with Crippen LogP contribution in [-0.4, -0.2) is 10.4 Å². The fourth-order valence-corrected chi connectivity index (χ4v) is 7.15. The van der Waals surface area contributed by atoms with Crippen molar-refractivity contribution in [2.75, 3.05) is 5.83 Å². The second-order valence-electron chi connectivity index (χ2n) is 11.3. The lowest BCUT2D eigenvalue weighted by molar-refractivity contribution is 0.401. The van der Waals surface area contributed by atoms with Gasteiger partial charge in [-0.3, -0.25) is 0 Å². The van der Waals surface area contributed by atoms with Crippen molar-refractivity contribution in [3.8, 4) is 16.8 Å². The lowest BCUT2D eigenvalue weighted by Gasteiger charge is -2.33. The van der Waals surface area contributed by atoms with E-state index in [-0.39, 0.29) is 5.41 Å². The van der Waals surface area contributed by atoms with Gasteiger partial charge in [0.2, 0.25) is 0 Å². The van der Waals surface area contributed by atoms with Crippen LogP contribution < -0.4 is 0 Å². The van der Waals surface area contributed by atoms with Gasteiger partial charge in [0.05, 0.1) is 11.0 Å². The van der Waals surface area contributed by atoms with E-state index in [0.29, 0.717) is 0 Å². The van der Waals surface area contributed by atoms with Gasteiger partial charge in [0.25, 0.3) is 0 Å². The van der Waals surface area contributed by atoms with Gasteiger partial charge in [-0.05, 0) is 65.2 Å². The maximum absolute atomic E-state index is 2.94. The van der Waals surface area contributed by atoms with Crippen LogP contribution in [0.5, 0.6) is 0 Å². The van der Waals surface area contributed by atoms with Gasteiger partial charge >= 0.3 is 0 Å². The third-order valence-electron chi connectivity index (χ3n) is 9.00. The standard InChI is InChI=1S/C37H41N.CH3Br/c1-3-5-7-15-25-37(26-16-8-6-4-2)33-20-12-9-17-29(33)30-24-23-28(27-34(30)37)38-35-21-13-10-18-31(35)32-19-11-14-22-36(32)38;1-2/h9-14,17-24,27H,3-8,15-16,25-26H2,1-2H3;1H3. The number of unbranched alkanes of at least 4 members (excludes halogenated alkanes) is 6. The molecule has 40 heavy (non-hydrogen) atoms. The quantitative estimate of drug-likeness (QED) is 0.106. The number of halogens is 1. The molecule has 0 radical (unpaired) electrons. The van der Waals surface area contributed by atoms with E-state index < -0.39 is 0 Å². The molecule has 1 heterocycles. The molecule has 5 aromatic rings. The molecule has 2 heteroatoms. The van der Waals surface area contributed by atoms with E-state index in [0.717, 1.165) is 0 Å². The van der Waals surface area contributed by atoms with E-state index >= 15 is 0 Å². The summed E-state index contributed by atoms with van der Waals surface area (Å²) in [6.45, 7) is 4.64. The molecule has 1 aliphatic carbocycles. The number of para-hydroxylation sites is 2. The van der Waals surface area contributed by atoms with Crippen LogP contribution in [0.2, 0.25) is 0 Å². The van der Waals surface area contributed by atoms with E-state index in [1.807, 2.05) is 5.83 Å². The van der Waals surface area contributed by atoms with Gasteiger partial charge in [-0.1, -0.05) is 148 Å². The van der Waals surface area contributed by atoms with Gasteiger partial charge in [-0.15, -0.1) is 0 Å². The Hall–Kier alpha value is -2.84. The highest BCUT2D eigenvalue weighted by molar-refractivity contribution is 9.08. The lowest BCUT2D eigenvalue weighted by atomic mass is 9.70. The zero-order chi connectivity index (χ0) is 28.0. The molecule has 0 atom stereocenters. The van der Waals surface area contributed by atoms with Crippen LogP contribution >= 0.6 is 15.9 Å². The fourth-order valence-electron chi connectivity index (χ4n) is 7.15. The molecule has 0 amide bonds. The van der Waals surface area contributed by atoms with Crippen molar-refractivity contribution < 1.29 is 0 Å². The highest BCUT2D eigenvalue weighted by atomic mass is 79.9. The van der Waals surface area contributed by atoms with E-state index in [9.17, 15) is 0 Å². The summed E-state index contributed by atoms with van der Waals surface area (Å²) in [6, 6.07) is 34.4. The van der Waals surface area contributed by atoms with Crippen molar-refractivity contribution in [1.29, 1.82) is 0 Å². The summed E-state index contributed by atoms with van der Waals surface area (Å²) in [5.74, 6) is 1.81. The first-order chi connectivity index (χ1) is 19.8. The van der Waals surface area contributed by atoms with E-state index in [4.69, 9.17) is 0 Å². The molecule has 0 aliphatic heterocycles. The minimum absolute atomic E-state index is 0.113. The Morgan fingerprint density at radius 3 is 1.68 bits per heavy atom. The average molecular weight is 595 g/mol. The Morgan fingerprint density at radius 2 is 1.07 bits per heavy atom. The highest BCUT2D eigenvalue weighted by Crippen LogP contribution is 2.54. The molecule has 208 valence electrons. The van der Waals surface area contributed by atoms with Crippen LogP contribution in [0.1, 0.15) is 89.2 Å². The van der Waals surface area contributed by atoms with Gasteiger partial charge in [0, 0.05) is 21.9 Å². The normalized spacial score (nSPS) is 13.2. The third-order valence-corrected chi connectivity index (χ3v) is 9.00. The predicted octanol–water partition coefficient (Wildman–Crippen LogP) is 12.0. The summed E-state index contributed by atoms with van der Waals surface area (Å²) in [7, 11) is 0. The van der Waals surface area contributed by atoms with E-state index in [1.54, 1.807) is 11.1 Å². The summed E-state index contributed by atoms with van der Waals surface area (Å²) < 4.78 is 2.49. The molecule has 1 aliphatic rings. The summed E-state index contributed by atoms with van der Waals surface area (Å²) >= 11 is 2.94. The number of hydrogen-bond acceptors (Lipinski definition) is 0. The number of rotatable bonds is 11. The number of benzene rings is 4. The van der Waals surface area contributed by atoms with Gasteiger partial charge < -0.3 is 4.57 Å². The van der Waals surface area contributed by atoms with Crippen molar-refractivity contribution >= 4 is 37.7 Å². The van der Waals surface area contributed by atoms with Crippen LogP contribution in [0.4, 0.5) is 0 Å². The average Bonchev–Trinajstić information content (AvgIpc) is 3.49. The predicted molar refractivity (Wildman–Crippen MR) is 179 cm³/mol. The van der Waals surface area contributed by atoms with Gasteiger partial charge in [-0.25, -0.2) is 0 Å². The fraction of sp³-hybridized carbons (Fsp3) is 0.368. The van der Waals surface area contributed by atoms with Gasteiger partial charge in [-0.2, -0.15) is 0 Å². The highest BCUT2D eigenvalue weighted by Gasteiger charge is 2.42. The van der Waals surface area contributed by atoms with Crippen molar-refractivity contribution in [2.24, 2.45) is 0 Å². The first kappa shape index (κ1) is 28.7. The molecule has 0 saturated heterocycles. The minimum atomic E-state index is 0.113. The van der Waals surface area contributed by atoms with Crippen molar-refractivity contribution in [2.45, 2.75) is 83.5 Å². The Kier molecular flexibility index (Phi) is 9.48. The summed E-state index contributed by atoms with van der Waals surface area (Å²) in [5.41, 5.74) is 10.0. The minimum Gasteiger partial charge on any atom is -0.309 e. The molecule has 0 bridgehead atoms. The molecule has 0 fully saturated rings. The van der Waals surface area contributed by atoms with Crippen LogP contribution in [0, 0.1) is 0 Å². The first-order valence-corrected chi connectivity index (χ1v) is 17.0. The summed E-state index contributed by atoms with van der Waals surface area (Å²) in [4.78, 5) is 0. The third kappa shape index (κ3) is 5.16. The molecule has 0 saturated carbocycles. The van der Waals surface area contributed by atoms with Crippen molar-refractivity contribution in [1.82, 2.24) is 4.57 Å². The zero-order valence-electron chi connectivity index (χ0n) is 24.6. The molecule has 0 spiro atoms. The maximum atomic E-state index is 2.94. The SMILES string of the molecule is CBr.CCCCCCC1(CCCCCC)c2ccccc2-c2ccc(-n3c4ccccc4c4ccccc43)cc21. The Balaban J connectivity index is 0.00000158. The molecular weight excluding hydrogens is 550 g/mol. The number of hydrogen-bond donors (Lipinski definition) is 0. The van der Waals surface area contributed by atoms with E-state index in [1.165, 1.54) is 103 Å². The van der Waals surface area contributed by atoms with Crippen molar-refractivity contribution in [3.63, 3.8) is 0 Å². The zero-order valence-corrected chi connectivity index (χ0v) is 26.1. The Bertz CT molecular complexity index is 1490. The van der Waals surface area contributed by atoms with Crippen LogP contribution in [0.25, 0.3) is 38.6 Å². The largest absolute Gasteiger partial charge is 0.309 e. The molecule has 1 nitrogen and oxygen atoms in total. The van der Waals surface area contributed by atoms with Gasteiger partial charge in [0.15, 0.2) is 0 Å². The van der Waals surface area contributed by atoms with Crippen molar-refractivity contribution in [3.05, 3.63) is 102 Å². The van der Waals surface area contributed by atoms with E-state index in [2.05, 4.69) is 125 Å². The van der Waals surface area contributed by atoms with Crippen LogP contribution in [0.15, 0.2) is 91.0 Å². The number of alkyl halides is 1. The molecule has 0 unspecified atom stereocenters. The smallest absolute Gasteiger partial charge is 0.0541 e. The maximum Gasteiger partial charge on any atom is 0.0541 e. The molecule has 0 N–H and O–H groups in total. The summed E-state index contributed by atoms with van der Waals surface area (Å²) in [5, 5.41) is 2.66. The number of fused-ring (bicyclic) bond motifs is 6. The molecule has 1 aromatic heterocycles. The monoisotopic (exact) mass is 593 g/mol. The van der Waals surface area contributed by atoms with Crippen LogP contribution in [-0.2, 0) is 5.41 Å². The van der Waals surface area contributed by atoms with Crippen LogP contribution in [0.3, 0.4) is 0 Å². The lowest BCUT2D eigenvalue weighted by Crippen LogP contribution is -2.25. The Labute approximate surface area is 249 Å².